The lowest BCUT2D eigenvalue weighted by atomic mass is 10.1. The van der Waals surface area contributed by atoms with Crippen LogP contribution in [0.4, 0.5) is 5.69 Å². The molecule has 11 nitrogen and oxygen atoms in total. The van der Waals surface area contributed by atoms with E-state index in [1.54, 1.807) is 31.2 Å². The maximum Gasteiger partial charge on any atom is 0.275 e. The van der Waals surface area contributed by atoms with E-state index in [2.05, 4.69) is 9.88 Å². The number of aryl methyl sites for hydroxylation is 1. The van der Waals surface area contributed by atoms with E-state index >= 15 is 0 Å². The number of hydrogen-bond acceptors (Lipinski definition) is 6. The zero-order valence-electron chi connectivity index (χ0n) is 16.8. The third-order valence-corrected chi connectivity index (χ3v) is 6.50. The molecule has 31 heavy (non-hydrogen) atoms. The van der Waals surface area contributed by atoms with Gasteiger partial charge >= 0.3 is 0 Å². The Hall–Kier alpha value is -2.81. The van der Waals surface area contributed by atoms with E-state index in [0.29, 0.717) is 11.3 Å². The predicted molar refractivity (Wildman–Crippen MR) is 125 cm³/mol. The highest BCUT2D eigenvalue weighted by molar-refractivity contribution is 14.1. The number of nitrogens with two attached hydrogens (primary N) is 3. The van der Waals surface area contributed by atoms with Crippen LogP contribution in [0, 0.1) is 10.5 Å². The molecule has 0 radical (unpaired) electrons. The molecule has 2 unspecified atom stereocenters. The average Bonchev–Trinajstić information content (AvgIpc) is 2.66. The molecule has 13 heteroatoms. The maximum absolute atomic E-state index is 13.1. The monoisotopic (exact) mass is 562 g/mol. The number of sulfonamides is 1. The summed E-state index contributed by atoms with van der Waals surface area (Å²) in [5.74, 6) is -1.60. The highest BCUT2D eigenvalue weighted by Crippen LogP contribution is 2.19. The van der Waals surface area contributed by atoms with Crippen LogP contribution in [0.3, 0.4) is 0 Å². The molecule has 7 N–H and O–H groups in total. The SMILES string of the molecule is Cc1ccc(NS(=O)(=O)Cc2ccccc2I)c(=O)n1C(C(N)=O)C(C)ON=C(N)N. The molecule has 0 fully saturated rings. The molecular formula is C18H23IN6O5S. The van der Waals surface area contributed by atoms with Gasteiger partial charge in [0.15, 0.2) is 12.1 Å². The molecule has 0 aliphatic rings. The molecule has 0 bridgehead atoms. The highest BCUT2D eigenvalue weighted by atomic mass is 127. The van der Waals surface area contributed by atoms with Crippen molar-refractivity contribution in [1.29, 1.82) is 0 Å². The van der Waals surface area contributed by atoms with Crippen LogP contribution in [-0.2, 0) is 25.4 Å². The van der Waals surface area contributed by atoms with Crippen LogP contribution in [0.5, 0.6) is 0 Å². The normalized spacial score (nSPS) is 13.1. The summed E-state index contributed by atoms with van der Waals surface area (Å²) in [4.78, 5) is 30.2. The van der Waals surface area contributed by atoms with E-state index in [4.69, 9.17) is 22.0 Å². The Morgan fingerprint density at radius 3 is 2.45 bits per heavy atom. The molecule has 2 rings (SSSR count). The smallest absolute Gasteiger partial charge is 0.275 e. The Bertz CT molecular complexity index is 1160. The number of guanidine groups is 1. The van der Waals surface area contributed by atoms with Gasteiger partial charge in [0.1, 0.15) is 5.69 Å². The van der Waals surface area contributed by atoms with E-state index in [1.807, 2.05) is 22.6 Å². The molecule has 2 aromatic rings. The quantitative estimate of drug-likeness (QED) is 0.147. The summed E-state index contributed by atoms with van der Waals surface area (Å²) >= 11 is 2.03. The second kappa shape index (κ2) is 10.00. The molecule has 1 amide bonds. The van der Waals surface area contributed by atoms with Gasteiger partial charge in [-0.25, -0.2) is 8.42 Å². The number of rotatable bonds is 9. The summed E-state index contributed by atoms with van der Waals surface area (Å²) < 4.78 is 29.4. The van der Waals surface area contributed by atoms with Crippen LogP contribution in [0.25, 0.3) is 0 Å². The van der Waals surface area contributed by atoms with Crippen molar-refractivity contribution < 1.29 is 18.0 Å². The van der Waals surface area contributed by atoms with Crippen LogP contribution in [0.2, 0.25) is 0 Å². The number of oxime groups is 1. The number of benzene rings is 1. The lowest BCUT2D eigenvalue weighted by Gasteiger charge is -2.24. The number of aromatic nitrogens is 1. The Kier molecular flexibility index (Phi) is 7.89. The maximum atomic E-state index is 13.1. The first-order valence-corrected chi connectivity index (χ1v) is 11.7. The van der Waals surface area contributed by atoms with Crippen LogP contribution in [-0.4, -0.2) is 31.0 Å². The second-order valence-electron chi connectivity index (χ2n) is 6.69. The fraction of sp³-hybridized carbons (Fsp3) is 0.278. The summed E-state index contributed by atoms with van der Waals surface area (Å²) in [7, 11) is -3.92. The highest BCUT2D eigenvalue weighted by Gasteiger charge is 2.30. The lowest BCUT2D eigenvalue weighted by molar-refractivity contribution is -0.125. The number of anilines is 1. The van der Waals surface area contributed by atoms with Crippen LogP contribution in [0.15, 0.2) is 46.3 Å². The van der Waals surface area contributed by atoms with Crippen molar-refractivity contribution in [3.63, 3.8) is 0 Å². The lowest BCUT2D eigenvalue weighted by Crippen LogP contribution is -2.42. The minimum Gasteiger partial charge on any atom is -0.387 e. The molecule has 2 atom stereocenters. The Morgan fingerprint density at radius 1 is 1.23 bits per heavy atom. The zero-order valence-corrected chi connectivity index (χ0v) is 19.8. The van der Waals surface area contributed by atoms with Gasteiger partial charge in [0.2, 0.25) is 21.9 Å². The fourth-order valence-electron chi connectivity index (χ4n) is 2.86. The van der Waals surface area contributed by atoms with Gasteiger partial charge < -0.3 is 22.0 Å². The predicted octanol–water partition coefficient (Wildman–Crippen LogP) is 0.323. The molecule has 1 heterocycles. The number of amides is 1. The summed E-state index contributed by atoms with van der Waals surface area (Å²) in [5.41, 5.74) is 15.9. The number of hydrogen-bond donors (Lipinski definition) is 4. The standard InChI is InChI=1S/C18H23IN6O5S/c1-10-7-8-14(24-31(28,29)9-12-5-3-4-6-13(12)19)17(27)25(10)15(16(20)26)11(2)30-23-18(21)22/h3-8,11,15,24H,9H2,1-2H3,(H2,20,26)(H4,21,22,23). The molecule has 0 aliphatic carbocycles. The van der Waals surface area contributed by atoms with E-state index in [9.17, 15) is 18.0 Å². The van der Waals surface area contributed by atoms with Gasteiger partial charge in [-0.05, 0) is 65.4 Å². The number of nitrogens with zero attached hydrogens (tertiary/aromatic N) is 2. The van der Waals surface area contributed by atoms with Crippen LogP contribution in [0.1, 0.15) is 24.2 Å². The van der Waals surface area contributed by atoms with Gasteiger partial charge in [-0.3, -0.25) is 18.9 Å². The Labute approximate surface area is 192 Å². The van der Waals surface area contributed by atoms with E-state index in [1.165, 1.54) is 19.1 Å². The van der Waals surface area contributed by atoms with Gasteiger partial charge in [0.05, 0.1) is 5.75 Å². The van der Waals surface area contributed by atoms with E-state index in [0.717, 1.165) is 8.14 Å². The van der Waals surface area contributed by atoms with Gasteiger partial charge in [-0.1, -0.05) is 18.2 Å². The Balaban J connectivity index is 2.43. The molecule has 1 aromatic heterocycles. The Morgan fingerprint density at radius 2 is 1.87 bits per heavy atom. The number of nitrogens with one attached hydrogen (secondary N) is 1. The number of pyridine rings is 1. The van der Waals surface area contributed by atoms with Gasteiger partial charge in [0, 0.05) is 9.26 Å². The largest absolute Gasteiger partial charge is 0.387 e. The van der Waals surface area contributed by atoms with Crippen molar-refractivity contribution in [3.8, 4) is 0 Å². The topological polar surface area (TPSA) is 185 Å². The molecule has 168 valence electrons. The average molecular weight is 562 g/mol. The van der Waals surface area contributed by atoms with Crippen molar-refractivity contribution in [3.05, 3.63) is 61.6 Å². The second-order valence-corrected chi connectivity index (χ2v) is 9.57. The van der Waals surface area contributed by atoms with Crippen molar-refractivity contribution in [2.45, 2.75) is 31.7 Å². The first-order valence-electron chi connectivity index (χ1n) is 8.93. The minimum absolute atomic E-state index is 0.239. The number of carbonyl (C=O) groups is 1. The van der Waals surface area contributed by atoms with Crippen LogP contribution >= 0.6 is 22.6 Å². The molecular weight excluding hydrogens is 539 g/mol. The molecule has 1 aromatic carbocycles. The molecule has 0 spiro atoms. The van der Waals surface area contributed by atoms with Crippen molar-refractivity contribution in [1.82, 2.24) is 4.57 Å². The fourth-order valence-corrected chi connectivity index (χ4v) is 4.92. The molecule has 0 aliphatic heterocycles. The van der Waals surface area contributed by atoms with E-state index < -0.39 is 33.6 Å². The minimum atomic E-state index is -3.92. The van der Waals surface area contributed by atoms with Gasteiger partial charge in [0.25, 0.3) is 5.56 Å². The number of carbonyl (C=O) groups excluding carboxylic acids is 1. The molecule has 0 saturated carbocycles. The van der Waals surface area contributed by atoms with Gasteiger partial charge in [-0.15, -0.1) is 0 Å². The summed E-state index contributed by atoms with van der Waals surface area (Å²) in [6.45, 7) is 3.01. The number of primary amides is 1. The zero-order chi connectivity index (χ0) is 23.3. The third-order valence-electron chi connectivity index (χ3n) is 4.23. The van der Waals surface area contributed by atoms with Crippen molar-refractivity contribution >= 4 is 50.2 Å². The van der Waals surface area contributed by atoms with Crippen molar-refractivity contribution in [2.24, 2.45) is 22.4 Å². The third kappa shape index (κ3) is 6.33. The summed E-state index contributed by atoms with van der Waals surface area (Å²) in [5, 5.41) is 3.39. The summed E-state index contributed by atoms with van der Waals surface area (Å²) in [6.07, 6.45) is -1.02. The summed E-state index contributed by atoms with van der Waals surface area (Å²) in [6, 6.07) is 8.48. The van der Waals surface area contributed by atoms with Crippen molar-refractivity contribution in [2.75, 3.05) is 4.72 Å². The molecule has 0 saturated heterocycles. The first kappa shape index (κ1) is 24.5. The first-order chi connectivity index (χ1) is 14.4. The van der Waals surface area contributed by atoms with Crippen LogP contribution < -0.4 is 27.5 Å². The van der Waals surface area contributed by atoms with E-state index in [-0.39, 0.29) is 17.4 Å². The number of halogens is 1. The van der Waals surface area contributed by atoms with Gasteiger partial charge in [-0.2, -0.15) is 0 Å².